The number of alkyl halides is 2. The van der Waals surface area contributed by atoms with E-state index >= 15 is 0 Å². The van der Waals surface area contributed by atoms with Crippen molar-refractivity contribution < 1.29 is 23.0 Å². The van der Waals surface area contributed by atoms with Gasteiger partial charge in [0.2, 0.25) is 0 Å². The highest BCUT2D eigenvalue weighted by Crippen LogP contribution is 2.17. The zero-order chi connectivity index (χ0) is 15.0. The number of carbonyl (C=O) groups excluding carboxylic acids is 1. The molecule has 0 aliphatic heterocycles. The van der Waals surface area contributed by atoms with Crippen LogP contribution in [0.25, 0.3) is 0 Å². The number of hydrogen-bond acceptors (Lipinski definition) is 3. The monoisotopic (exact) mass is 288 g/mol. The van der Waals surface area contributed by atoms with Crippen molar-refractivity contribution in [2.45, 2.75) is 26.0 Å². The van der Waals surface area contributed by atoms with Crippen LogP contribution >= 0.6 is 0 Å². The molecule has 0 aliphatic carbocycles. The van der Waals surface area contributed by atoms with Gasteiger partial charge in [-0.25, -0.2) is 4.79 Å². The summed E-state index contributed by atoms with van der Waals surface area (Å²) in [6.45, 7) is -0.446. The first kappa shape index (κ1) is 16.2. The quantitative estimate of drug-likeness (QED) is 0.811. The van der Waals surface area contributed by atoms with Crippen LogP contribution < -0.4 is 15.4 Å². The molecule has 2 amide bonds. The molecule has 0 aromatic heterocycles. The zero-order valence-electron chi connectivity index (χ0n) is 11.4. The summed E-state index contributed by atoms with van der Waals surface area (Å²) >= 11 is 0. The Bertz CT molecular complexity index is 413. The molecule has 20 heavy (non-hydrogen) atoms. The number of nitrogens with one attached hydrogen (secondary N) is 2. The molecule has 0 unspecified atom stereocenters. The average Bonchev–Trinajstić information content (AvgIpc) is 2.38. The minimum Gasteiger partial charge on any atom is -0.435 e. The van der Waals surface area contributed by atoms with Gasteiger partial charge in [-0.3, -0.25) is 0 Å². The lowest BCUT2D eigenvalue weighted by Gasteiger charge is -2.14. The highest BCUT2D eigenvalue weighted by molar-refractivity contribution is 5.89. The third kappa shape index (κ3) is 6.33. The molecular weight excluding hydrogens is 270 g/mol. The van der Waals surface area contributed by atoms with E-state index in [1.165, 1.54) is 24.3 Å². The lowest BCUT2D eigenvalue weighted by Crippen LogP contribution is -2.36. The predicted octanol–water partition coefficient (Wildman–Crippen LogP) is 2.83. The van der Waals surface area contributed by atoms with Crippen LogP contribution in [0.4, 0.5) is 19.3 Å². The van der Waals surface area contributed by atoms with Crippen molar-refractivity contribution in [1.29, 1.82) is 0 Å². The Morgan fingerprint density at radius 1 is 1.30 bits per heavy atom. The Kier molecular flexibility index (Phi) is 6.72. The van der Waals surface area contributed by atoms with E-state index in [4.69, 9.17) is 4.74 Å². The largest absolute Gasteiger partial charge is 0.435 e. The molecule has 1 rings (SSSR count). The first-order valence-corrected chi connectivity index (χ1v) is 6.12. The molecule has 0 fully saturated rings. The number of amides is 2. The minimum absolute atomic E-state index is 0.0311. The van der Waals surface area contributed by atoms with Crippen molar-refractivity contribution in [2.24, 2.45) is 0 Å². The van der Waals surface area contributed by atoms with E-state index in [2.05, 4.69) is 15.4 Å². The van der Waals surface area contributed by atoms with E-state index in [-0.39, 0.29) is 17.8 Å². The second-order valence-electron chi connectivity index (χ2n) is 4.18. The molecule has 1 aromatic carbocycles. The topological polar surface area (TPSA) is 59.6 Å². The van der Waals surface area contributed by atoms with Gasteiger partial charge in [0, 0.05) is 25.4 Å². The standard InChI is InChI=1S/C13H18F2N2O3/c1-9(7-8-19-2)16-13(18)17-10-3-5-11(6-4-10)20-12(14)15/h3-6,9,12H,7-8H2,1-2H3,(H2,16,17,18)/t9-/m0/s1. The fourth-order valence-electron chi connectivity index (χ4n) is 1.48. The maximum Gasteiger partial charge on any atom is 0.387 e. The molecule has 0 radical (unpaired) electrons. The molecule has 2 N–H and O–H groups in total. The van der Waals surface area contributed by atoms with Crippen LogP contribution in [0.15, 0.2) is 24.3 Å². The zero-order valence-corrected chi connectivity index (χ0v) is 11.4. The van der Waals surface area contributed by atoms with Gasteiger partial charge < -0.3 is 20.1 Å². The number of ether oxygens (including phenoxy) is 2. The lowest BCUT2D eigenvalue weighted by atomic mass is 10.2. The Balaban J connectivity index is 2.41. The van der Waals surface area contributed by atoms with E-state index in [9.17, 15) is 13.6 Å². The number of rotatable bonds is 7. The molecule has 0 spiro atoms. The Hall–Kier alpha value is -1.89. The maximum absolute atomic E-state index is 12.0. The van der Waals surface area contributed by atoms with Crippen molar-refractivity contribution in [3.05, 3.63) is 24.3 Å². The van der Waals surface area contributed by atoms with Gasteiger partial charge in [0.05, 0.1) is 0 Å². The highest BCUT2D eigenvalue weighted by Gasteiger charge is 2.08. The number of carbonyl (C=O) groups is 1. The SMILES string of the molecule is COCC[C@H](C)NC(=O)Nc1ccc(OC(F)F)cc1. The van der Waals surface area contributed by atoms with Crippen LogP contribution in [0.1, 0.15) is 13.3 Å². The van der Waals surface area contributed by atoms with Gasteiger partial charge in [-0.1, -0.05) is 0 Å². The van der Waals surface area contributed by atoms with Crippen molar-refractivity contribution in [2.75, 3.05) is 19.0 Å². The molecular formula is C13H18F2N2O3. The van der Waals surface area contributed by atoms with Crippen LogP contribution in [-0.2, 0) is 4.74 Å². The van der Waals surface area contributed by atoms with E-state index < -0.39 is 6.61 Å². The lowest BCUT2D eigenvalue weighted by molar-refractivity contribution is -0.0498. The molecule has 5 nitrogen and oxygen atoms in total. The summed E-state index contributed by atoms with van der Waals surface area (Å²) in [7, 11) is 1.59. The van der Waals surface area contributed by atoms with Gasteiger partial charge >= 0.3 is 12.6 Å². The number of benzene rings is 1. The van der Waals surface area contributed by atoms with Crippen LogP contribution in [0, 0.1) is 0 Å². The van der Waals surface area contributed by atoms with Crippen molar-refractivity contribution in [3.8, 4) is 5.75 Å². The second kappa shape index (κ2) is 8.31. The minimum atomic E-state index is -2.86. The van der Waals surface area contributed by atoms with Crippen molar-refractivity contribution in [1.82, 2.24) is 5.32 Å². The first-order chi connectivity index (χ1) is 9.51. The maximum atomic E-state index is 12.0. The van der Waals surface area contributed by atoms with E-state index in [1.54, 1.807) is 7.11 Å². The number of urea groups is 1. The number of hydrogen-bond donors (Lipinski definition) is 2. The summed E-state index contributed by atoms with van der Waals surface area (Å²) in [6, 6.07) is 5.29. The number of anilines is 1. The van der Waals surface area contributed by atoms with E-state index in [1.807, 2.05) is 6.92 Å². The van der Waals surface area contributed by atoms with Gasteiger partial charge in [-0.2, -0.15) is 8.78 Å². The smallest absolute Gasteiger partial charge is 0.387 e. The second-order valence-corrected chi connectivity index (χ2v) is 4.18. The molecule has 0 heterocycles. The third-order valence-corrected chi connectivity index (χ3v) is 2.47. The number of halogens is 2. The Labute approximate surface area is 116 Å². The first-order valence-electron chi connectivity index (χ1n) is 6.12. The number of methoxy groups -OCH3 is 1. The van der Waals surface area contributed by atoms with Crippen LogP contribution in [0.2, 0.25) is 0 Å². The predicted molar refractivity (Wildman–Crippen MR) is 71.2 cm³/mol. The Morgan fingerprint density at radius 2 is 1.95 bits per heavy atom. The normalized spacial score (nSPS) is 12.1. The van der Waals surface area contributed by atoms with E-state index in [0.29, 0.717) is 18.7 Å². The van der Waals surface area contributed by atoms with Crippen molar-refractivity contribution >= 4 is 11.7 Å². The Morgan fingerprint density at radius 3 is 2.50 bits per heavy atom. The van der Waals surface area contributed by atoms with Gasteiger partial charge in [-0.15, -0.1) is 0 Å². The summed E-state index contributed by atoms with van der Waals surface area (Å²) in [5, 5.41) is 5.32. The van der Waals surface area contributed by atoms with Gasteiger partial charge in [-0.05, 0) is 37.6 Å². The van der Waals surface area contributed by atoms with Crippen molar-refractivity contribution in [3.63, 3.8) is 0 Å². The highest BCUT2D eigenvalue weighted by atomic mass is 19.3. The molecule has 0 bridgehead atoms. The summed E-state index contributed by atoms with van der Waals surface area (Å²) in [4.78, 5) is 11.6. The molecule has 1 atom stereocenters. The van der Waals surface area contributed by atoms with E-state index in [0.717, 1.165) is 0 Å². The molecule has 0 saturated heterocycles. The fourth-order valence-corrected chi connectivity index (χ4v) is 1.48. The van der Waals surface area contributed by atoms with Gasteiger partial charge in [0.1, 0.15) is 5.75 Å². The van der Waals surface area contributed by atoms with Gasteiger partial charge in [0.15, 0.2) is 0 Å². The third-order valence-electron chi connectivity index (χ3n) is 2.47. The fraction of sp³-hybridized carbons (Fsp3) is 0.462. The summed E-state index contributed by atoms with van der Waals surface area (Å²) in [6.07, 6.45) is 0.699. The molecule has 0 saturated carbocycles. The summed E-state index contributed by atoms with van der Waals surface area (Å²) in [5.41, 5.74) is 0.489. The van der Waals surface area contributed by atoms with Gasteiger partial charge in [0.25, 0.3) is 0 Å². The molecule has 112 valence electrons. The van der Waals surface area contributed by atoms with Crippen LogP contribution in [-0.4, -0.2) is 32.4 Å². The average molecular weight is 288 g/mol. The molecule has 7 heteroatoms. The molecule has 1 aromatic rings. The molecule has 0 aliphatic rings. The summed E-state index contributed by atoms with van der Waals surface area (Å²) in [5.74, 6) is 0.0411. The van der Waals surface area contributed by atoms with Crippen LogP contribution in [0.5, 0.6) is 5.75 Å². The van der Waals surface area contributed by atoms with Crippen LogP contribution in [0.3, 0.4) is 0 Å². The summed E-state index contributed by atoms with van der Waals surface area (Å²) < 4.78 is 33.0.